The minimum absolute atomic E-state index is 0.0465. The van der Waals surface area contributed by atoms with Crippen molar-refractivity contribution in [3.8, 4) is 5.75 Å². The van der Waals surface area contributed by atoms with Gasteiger partial charge in [0.05, 0.1) is 19.3 Å². The number of carbonyl (C=O) groups excluding carboxylic acids is 2. The van der Waals surface area contributed by atoms with Crippen molar-refractivity contribution < 1.29 is 14.3 Å². The molecule has 2 aromatic carbocycles. The Hall–Kier alpha value is -2.91. The quantitative estimate of drug-likeness (QED) is 0.448. The second-order valence-electron chi connectivity index (χ2n) is 6.66. The third-order valence-electron chi connectivity index (χ3n) is 4.68. The standard InChI is InChI=1S/C21H20N4O3S2/c1-28-16-8-6-14(7-9-16)12-18(26)22-20-23-24-21(30-20)29-13-19(27)25-11-10-15-4-2-3-5-17(15)25/h2-9H,10-13H2,1H3,(H,22,23,26). The van der Waals surface area contributed by atoms with E-state index >= 15 is 0 Å². The summed E-state index contributed by atoms with van der Waals surface area (Å²) in [5.41, 5.74) is 3.07. The molecule has 0 aliphatic carbocycles. The van der Waals surface area contributed by atoms with E-state index in [0.717, 1.165) is 23.4 Å². The van der Waals surface area contributed by atoms with Crippen LogP contribution in [0.1, 0.15) is 11.1 Å². The number of hydrogen-bond donors (Lipinski definition) is 1. The summed E-state index contributed by atoms with van der Waals surface area (Å²) in [6.45, 7) is 0.710. The Morgan fingerprint density at radius 3 is 2.77 bits per heavy atom. The first-order valence-corrected chi connectivity index (χ1v) is 11.2. The average Bonchev–Trinajstić information content (AvgIpc) is 3.39. The largest absolute Gasteiger partial charge is 0.497 e. The zero-order chi connectivity index (χ0) is 20.9. The molecule has 2 amide bonds. The number of benzene rings is 2. The fourth-order valence-corrected chi connectivity index (χ4v) is 4.85. The van der Waals surface area contributed by atoms with Gasteiger partial charge in [-0.2, -0.15) is 0 Å². The number of nitrogens with zero attached hydrogens (tertiary/aromatic N) is 3. The maximum Gasteiger partial charge on any atom is 0.237 e. The molecule has 9 heteroatoms. The van der Waals surface area contributed by atoms with Gasteiger partial charge in [0, 0.05) is 12.2 Å². The molecule has 2 heterocycles. The monoisotopic (exact) mass is 440 g/mol. The van der Waals surface area contributed by atoms with Crippen LogP contribution in [-0.4, -0.2) is 41.4 Å². The number of ether oxygens (including phenoxy) is 1. The number of aromatic nitrogens is 2. The Labute approximate surface area is 182 Å². The van der Waals surface area contributed by atoms with Gasteiger partial charge in [0.15, 0.2) is 4.34 Å². The van der Waals surface area contributed by atoms with Gasteiger partial charge in [-0.1, -0.05) is 53.4 Å². The van der Waals surface area contributed by atoms with Gasteiger partial charge in [-0.15, -0.1) is 10.2 Å². The molecule has 0 saturated heterocycles. The summed E-state index contributed by atoms with van der Waals surface area (Å²) in [7, 11) is 1.60. The normalized spacial score (nSPS) is 12.5. The molecule has 30 heavy (non-hydrogen) atoms. The lowest BCUT2D eigenvalue weighted by atomic mass is 10.1. The number of rotatable bonds is 7. The van der Waals surface area contributed by atoms with Crippen LogP contribution in [0.15, 0.2) is 52.9 Å². The number of nitrogens with one attached hydrogen (secondary N) is 1. The minimum atomic E-state index is -0.169. The number of anilines is 2. The van der Waals surface area contributed by atoms with E-state index in [2.05, 4.69) is 21.6 Å². The Morgan fingerprint density at radius 2 is 1.97 bits per heavy atom. The number of para-hydroxylation sites is 1. The fraction of sp³-hybridized carbons (Fsp3) is 0.238. The second kappa shape index (κ2) is 9.27. The van der Waals surface area contributed by atoms with Crippen molar-refractivity contribution in [2.24, 2.45) is 0 Å². The van der Waals surface area contributed by atoms with E-state index in [4.69, 9.17) is 4.74 Å². The Bertz CT molecular complexity index is 1050. The van der Waals surface area contributed by atoms with E-state index in [1.165, 1.54) is 28.7 Å². The molecule has 0 atom stereocenters. The summed E-state index contributed by atoms with van der Waals surface area (Å²) in [5.74, 6) is 0.905. The molecule has 0 bridgehead atoms. The molecule has 0 saturated carbocycles. The highest BCUT2D eigenvalue weighted by atomic mass is 32.2. The minimum Gasteiger partial charge on any atom is -0.497 e. The van der Waals surface area contributed by atoms with Crippen LogP contribution in [0.25, 0.3) is 0 Å². The number of methoxy groups -OCH3 is 1. The van der Waals surface area contributed by atoms with Gasteiger partial charge in [0.1, 0.15) is 5.75 Å². The second-order valence-corrected chi connectivity index (χ2v) is 8.86. The van der Waals surface area contributed by atoms with Gasteiger partial charge in [-0.3, -0.25) is 9.59 Å². The highest BCUT2D eigenvalue weighted by molar-refractivity contribution is 8.01. The third kappa shape index (κ3) is 4.80. The number of hydrogen-bond acceptors (Lipinski definition) is 7. The zero-order valence-corrected chi connectivity index (χ0v) is 18.0. The lowest BCUT2D eigenvalue weighted by Gasteiger charge is -2.16. The van der Waals surface area contributed by atoms with E-state index < -0.39 is 0 Å². The Morgan fingerprint density at radius 1 is 1.17 bits per heavy atom. The summed E-state index contributed by atoms with van der Waals surface area (Å²) in [5, 5.41) is 11.3. The van der Waals surface area contributed by atoms with Crippen LogP contribution in [-0.2, 0) is 22.4 Å². The summed E-state index contributed by atoms with van der Waals surface area (Å²) < 4.78 is 5.76. The number of thioether (sulfide) groups is 1. The highest BCUT2D eigenvalue weighted by Crippen LogP contribution is 2.30. The molecular weight excluding hydrogens is 420 g/mol. The smallest absolute Gasteiger partial charge is 0.237 e. The maximum absolute atomic E-state index is 12.6. The maximum atomic E-state index is 12.6. The van der Waals surface area contributed by atoms with Crippen molar-refractivity contribution >= 4 is 45.7 Å². The molecular formula is C21H20N4O3S2. The summed E-state index contributed by atoms with van der Waals surface area (Å²) in [4.78, 5) is 26.6. The first-order valence-electron chi connectivity index (χ1n) is 9.40. The van der Waals surface area contributed by atoms with Crippen molar-refractivity contribution in [2.75, 3.05) is 29.6 Å². The molecule has 7 nitrogen and oxygen atoms in total. The van der Waals surface area contributed by atoms with E-state index in [-0.39, 0.29) is 24.0 Å². The van der Waals surface area contributed by atoms with Gasteiger partial charge in [-0.05, 0) is 35.7 Å². The van der Waals surface area contributed by atoms with Crippen molar-refractivity contribution in [3.05, 3.63) is 59.7 Å². The van der Waals surface area contributed by atoms with Gasteiger partial charge in [0.2, 0.25) is 16.9 Å². The van der Waals surface area contributed by atoms with Gasteiger partial charge in [0.25, 0.3) is 0 Å². The van der Waals surface area contributed by atoms with Gasteiger partial charge in [-0.25, -0.2) is 0 Å². The molecule has 1 aliphatic rings. The van der Waals surface area contributed by atoms with Crippen LogP contribution in [0, 0.1) is 0 Å². The molecule has 3 aromatic rings. The average molecular weight is 441 g/mol. The topological polar surface area (TPSA) is 84.4 Å². The Balaban J connectivity index is 1.28. The van der Waals surface area contributed by atoms with Crippen LogP contribution in [0.4, 0.5) is 10.8 Å². The van der Waals surface area contributed by atoms with E-state index in [9.17, 15) is 9.59 Å². The van der Waals surface area contributed by atoms with Crippen LogP contribution >= 0.6 is 23.1 Å². The molecule has 154 valence electrons. The van der Waals surface area contributed by atoms with Crippen molar-refractivity contribution in [1.82, 2.24) is 10.2 Å². The summed E-state index contributed by atoms with van der Waals surface area (Å²) in [6, 6.07) is 15.3. The third-order valence-corrected chi connectivity index (χ3v) is 6.64. The fourth-order valence-electron chi connectivity index (χ4n) is 3.21. The summed E-state index contributed by atoms with van der Waals surface area (Å²) in [6.07, 6.45) is 1.12. The predicted octanol–water partition coefficient (Wildman–Crippen LogP) is 3.41. The molecule has 1 N–H and O–H groups in total. The number of fused-ring (bicyclic) bond motifs is 1. The number of amides is 2. The Kier molecular flexibility index (Phi) is 6.29. The lowest BCUT2D eigenvalue weighted by molar-refractivity contribution is -0.116. The van der Waals surface area contributed by atoms with E-state index in [0.29, 0.717) is 16.0 Å². The SMILES string of the molecule is COc1ccc(CC(=O)Nc2nnc(SCC(=O)N3CCc4ccccc43)s2)cc1. The molecule has 1 aromatic heterocycles. The van der Waals surface area contributed by atoms with Crippen molar-refractivity contribution in [2.45, 2.75) is 17.2 Å². The lowest BCUT2D eigenvalue weighted by Crippen LogP contribution is -2.30. The highest BCUT2D eigenvalue weighted by Gasteiger charge is 2.24. The predicted molar refractivity (Wildman–Crippen MR) is 118 cm³/mol. The molecule has 1 aliphatic heterocycles. The van der Waals surface area contributed by atoms with Gasteiger partial charge < -0.3 is 15.0 Å². The first-order chi connectivity index (χ1) is 14.6. The molecule has 4 rings (SSSR count). The van der Waals surface area contributed by atoms with Crippen LogP contribution in [0.2, 0.25) is 0 Å². The van der Waals surface area contributed by atoms with E-state index in [1.54, 1.807) is 7.11 Å². The van der Waals surface area contributed by atoms with Crippen molar-refractivity contribution in [1.29, 1.82) is 0 Å². The van der Waals surface area contributed by atoms with Crippen molar-refractivity contribution in [3.63, 3.8) is 0 Å². The molecule has 0 unspecified atom stereocenters. The molecule has 0 fully saturated rings. The number of carbonyl (C=O) groups is 2. The summed E-state index contributed by atoms with van der Waals surface area (Å²) >= 11 is 2.60. The first kappa shape index (κ1) is 20.4. The van der Waals surface area contributed by atoms with Gasteiger partial charge >= 0.3 is 0 Å². The van der Waals surface area contributed by atoms with E-state index in [1.807, 2.05) is 47.4 Å². The van der Waals surface area contributed by atoms with Crippen LogP contribution in [0.3, 0.4) is 0 Å². The van der Waals surface area contributed by atoms with Crippen LogP contribution in [0.5, 0.6) is 5.75 Å². The van der Waals surface area contributed by atoms with Crippen LogP contribution < -0.4 is 15.0 Å². The molecule has 0 spiro atoms. The molecule has 0 radical (unpaired) electrons. The zero-order valence-electron chi connectivity index (χ0n) is 16.3.